The molecule has 1 aromatic carbocycles. The number of fused-ring (bicyclic) bond motifs is 1. The van der Waals surface area contributed by atoms with Gasteiger partial charge in [0.1, 0.15) is 5.82 Å². The zero-order valence-corrected chi connectivity index (χ0v) is 10.7. The molecule has 4 heteroatoms. The minimum absolute atomic E-state index is 0.356. The van der Waals surface area contributed by atoms with E-state index in [9.17, 15) is 4.79 Å². The number of carbonyl (C=O) groups is 1. The van der Waals surface area contributed by atoms with Crippen LogP contribution in [0, 0.1) is 0 Å². The van der Waals surface area contributed by atoms with Crippen molar-refractivity contribution in [2.75, 3.05) is 0 Å². The first-order valence-electron chi connectivity index (χ1n) is 6.99. The van der Waals surface area contributed by atoms with E-state index in [1.807, 2.05) is 6.07 Å². The van der Waals surface area contributed by atoms with Gasteiger partial charge >= 0.3 is 5.97 Å². The summed E-state index contributed by atoms with van der Waals surface area (Å²) in [5.74, 6) is 0.906. The summed E-state index contributed by atoms with van der Waals surface area (Å²) in [7, 11) is 0. The summed E-state index contributed by atoms with van der Waals surface area (Å²) in [6.07, 6.45) is 6.13. The molecule has 0 spiro atoms. The number of carboxylic acids is 1. The van der Waals surface area contributed by atoms with Crippen LogP contribution in [0.5, 0.6) is 0 Å². The average molecular weight is 256 g/mol. The van der Waals surface area contributed by atoms with Gasteiger partial charge in [0.25, 0.3) is 0 Å². The first-order valence-corrected chi connectivity index (χ1v) is 6.99. The van der Waals surface area contributed by atoms with Crippen molar-refractivity contribution in [2.45, 2.75) is 44.1 Å². The van der Waals surface area contributed by atoms with Gasteiger partial charge < -0.3 is 9.67 Å². The summed E-state index contributed by atoms with van der Waals surface area (Å²) in [5, 5.41) is 9.13. The number of rotatable bonds is 3. The second-order valence-corrected chi connectivity index (χ2v) is 5.71. The molecular weight excluding hydrogens is 240 g/mol. The molecule has 0 bridgehead atoms. The zero-order valence-electron chi connectivity index (χ0n) is 10.7. The van der Waals surface area contributed by atoms with Crippen LogP contribution in [-0.2, 0) is 0 Å². The highest BCUT2D eigenvalue weighted by molar-refractivity contribution is 5.92. The number of hydrogen-bond donors (Lipinski definition) is 1. The fourth-order valence-corrected chi connectivity index (χ4v) is 2.92. The largest absolute Gasteiger partial charge is 0.478 e. The normalized spacial score (nSPS) is 19.6. The molecule has 1 heterocycles. The third-order valence-corrected chi connectivity index (χ3v) is 4.35. The van der Waals surface area contributed by atoms with E-state index >= 15 is 0 Å². The van der Waals surface area contributed by atoms with E-state index in [-0.39, 0.29) is 0 Å². The van der Waals surface area contributed by atoms with E-state index in [2.05, 4.69) is 4.57 Å². The Morgan fingerprint density at radius 2 is 2.05 bits per heavy atom. The lowest BCUT2D eigenvalue weighted by atomic mass is 9.85. The van der Waals surface area contributed by atoms with Gasteiger partial charge in [-0.2, -0.15) is 0 Å². The van der Waals surface area contributed by atoms with Crippen LogP contribution in [0.3, 0.4) is 0 Å². The lowest BCUT2D eigenvalue weighted by Gasteiger charge is -2.25. The fourth-order valence-electron chi connectivity index (χ4n) is 2.92. The summed E-state index contributed by atoms with van der Waals surface area (Å²) in [6, 6.07) is 5.83. The molecule has 1 N–H and O–H groups in total. The van der Waals surface area contributed by atoms with Crippen LogP contribution in [0.25, 0.3) is 11.0 Å². The Hall–Kier alpha value is -1.84. The number of hydrogen-bond acceptors (Lipinski definition) is 2. The second kappa shape index (κ2) is 3.83. The Labute approximate surface area is 111 Å². The maximum absolute atomic E-state index is 11.1. The molecule has 2 fully saturated rings. The highest BCUT2D eigenvalue weighted by Crippen LogP contribution is 2.44. The summed E-state index contributed by atoms with van der Waals surface area (Å²) >= 11 is 0. The van der Waals surface area contributed by atoms with Gasteiger partial charge in [0.05, 0.1) is 16.6 Å². The highest BCUT2D eigenvalue weighted by Gasteiger charge is 2.33. The lowest BCUT2D eigenvalue weighted by molar-refractivity contribution is 0.0697. The van der Waals surface area contributed by atoms with Gasteiger partial charge in [0.15, 0.2) is 0 Å². The molecule has 0 saturated heterocycles. The van der Waals surface area contributed by atoms with Crippen molar-refractivity contribution in [1.29, 1.82) is 0 Å². The molecule has 0 unspecified atom stereocenters. The number of aromatic nitrogens is 2. The van der Waals surface area contributed by atoms with Gasteiger partial charge in [-0.15, -0.1) is 0 Å². The Morgan fingerprint density at radius 1 is 1.26 bits per heavy atom. The maximum Gasteiger partial charge on any atom is 0.335 e. The van der Waals surface area contributed by atoms with Crippen molar-refractivity contribution in [3.63, 3.8) is 0 Å². The summed E-state index contributed by atoms with van der Waals surface area (Å²) in [4.78, 5) is 15.9. The molecule has 2 aliphatic carbocycles. The molecule has 4 rings (SSSR count). The molecule has 98 valence electrons. The first kappa shape index (κ1) is 11.0. The number of nitrogens with zero attached hydrogens (tertiary/aromatic N) is 2. The minimum Gasteiger partial charge on any atom is -0.478 e. The van der Waals surface area contributed by atoms with Crippen LogP contribution in [0.4, 0.5) is 0 Å². The minimum atomic E-state index is -0.865. The van der Waals surface area contributed by atoms with Crippen LogP contribution in [-0.4, -0.2) is 20.6 Å². The Kier molecular flexibility index (Phi) is 2.22. The molecule has 0 amide bonds. The molecule has 0 atom stereocenters. The van der Waals surface area contributed by atoms with Crippen LogP contribution in [0.1, 0.15) is 60.2 Å². The fraction of sp³-hybridized carbons (Fsp3) is 0.467. The zero-order chi connectivity index (χ0) is 13.0. The van der Waals surface area contributed by atoms with Crippen molar-refractivity contribution in [3.05, 3.63) is 29.6 Å². The summed E-state index contributed by atoms with van der Waals surface area (Å²) in [6.45, 7) is 0. The van der Waals surface area contributed by atoms with E-state index in [1.165, 1.54) is 37.9 Å². The molecule has 2 saturated carbocycles. The van der Waals surface area contributed by atoms with Crippen molar-refractivity contribution < 1.29 is 9.90 Å². The van der Waals surface area contributed by atoms with Crippen molar-refractivity contribution in [1.82, 2.24) is 9.55 Å². The van der Waals surface area contributed by atoms with Gasteiger partial charge in [-0.1, -0.05) is 6.42 Å². The SMILES string of the molecule is O=C(O)c1ccc2nc(C3CCC3)n(C3CC3)c2c1. The lowest BCUT2D eigenvalue weighted by Crippen LogP contribution is -2.15. The summed E-state index contributed by atoms with van der Waals surface area (Å²) < 4.78 is 2.31. The van der Waals surface area contributed by atoms with Crippen LogP contribution >= 0.6 is 0 Å². The average Bonchev–Trinajstić information content (AvgIpc) is 3.08. The van der Waals surface area contributed by atoms with Crippen LogP contribution < -0.4 is 0 Å². The topological polar surface area (TPSA) is 55.1 Å². The molecule has 2 aliphatic rings. The molecular formula is C15H16N2O2. The molecule has 4 nitrogen and oxygen atoms in total. The van der Waals surface area contributed by atoms with Crippen molar-refractivity contribution in [3.8, 4) is 0 Å². The van der Waals surface area contributed by atoms with Gasteiger partial charge in [0, 0.05) is 12.0 Å². The number of carboxylic acid groups (broad SMARTS) is 1. The smallest absolute Gasteiger partial charge is 0.335 e. The highest BCUT2D eigenvalue weighted by atomic mass is 16.4. The van der Waals surface area contributed by atoms with Crippen LogP contribution in [0.15, 0.2) is 18.2 Å². The van der Waals surface area contributed by atoms with Gasteiger partial charge in [-0.25, -0.2) is 9.78 Å². The van der Waals surface area contributed by atoms with E-state index in [0.29, 0.717) is 17.5 Å². The number of aromatic carboxylic acids is 1. The van der Waals surface area contributed by atoms with E-state index in [4.69, 9.17) is 10.1 Å². The van der Waals surface area contributed by atoms with E-state index in [0.717, 1.165) is 11.0 Å². The summed E-state index contributed by atoms with van der Waals surface area (Å²) in [5.41, 5.74) is 2.30. The van der Waals surface area contributed by atoms with Crippen LogP contribution in [0.2, 0.25) is 0 Å². The second-order valence-electron chi connectivity index (χ2n) is 5.71. The Bertz CT molecular complexity index is 666. The third-order valence-electron chi connectivity index (χ3n) is 4.35. The first-order chi connectivity index (χ1) is 9.24. The molecule has 0 radical (unpaired) electrons. The predicted molar refractivity (Wildman–Crippen MR) is 71.6 cm³/mol. The Morgan fingerprint density at radius 3 is 2.63 bits per heavy atom. The van der Waals surface area contributed by atoms with Gasteiger partial charge in [-0.3, -0.25) is 0 Å². The number of imidazole rings is 1. The maximum atomic E-state index is 11.1. The molecule has 1 aromatic heterocycles. The predicted octanol–water partition coefficient (Wildman–Crippen LogP) is 3.34. The van der Waals surface area contributed by atoms with E-state index < -0.39 is 5.97 Å². The van der Waals surface area contributed by atoms with Crippen molar-refractivity contribution in [2.24, 2.45) is 0 Å². The third kappa shape index (κ3) is 1.66. The molecule has 19 heavy (non-hydrogen) atoms. The van der Waals surface area contributed by atoms with Crippen molar-refractivity contribution >= 4 is 17.0 Å². The standard InChI is InChI=1S/C15H16N2O2/c18-15(19)10-4-7-12-13(8-10)17(11-5-6-11)14(16-12)9-2-1-3-9/h4,7-9,11H,1-3,5-6H2,(H,18,19). The van der Waals surface area contributed by atoms with E-state index in [1.54, 1.807) is 12.1 Å². The molecule has 0 aliphatic heterocycles. The molecule has 2 aromatic rings. The Balaban J connectivity index is 1.92. The monoisotopic (exact) mass is 256 g/mol. The van der Waals surface area contributed by atoms with Gasteiger partial charge in [-0.05, 0) is 43.9 Å². The number of benzene rings is 1. The quantitative estimate of drug-likeness (QED) is 0.916. The van der Waals surface area contributed by atoms with Gasteiger partial charge in [0.2, 0.25) is 0 Å².